The minimum atomic E-state index is -5.00. The van der Waals surface area contributed by atoms with Gasteiger partial charge in [-0.25, -0.2) is 0 Å². The van der Waals surface area contributed by atoms with Crippen LogP contribution in [0, 0.1) is 0 Å². The van der Waals surface area contributed by atoms with Crippen LogP contribution in [0.1, 0.15) is 11.1 Å². The SMILES string of the molecule is O=C(COc1ccc2cc(Br)ccc2c1)Nc1cc(C(F)(F)F)cc(C(F)(F)F)c1. The van der Waals surface area contributed by atoms with E-state index in [0.29, 0.717) is 17.9 Å². The first-order valence-corrected chi connectivity index (χ1v) is 9.12. The van der Waals surface area contributed by atoms with Gasteiger partial charge in [-0.15, -0.1) is 0 Å². The zero-order chi connectivity index (χ0) is 22.1. The number of rotatable bonds is 4. The summed E-state index contributed by atoms with van der Waals surface area (Å²) in [5, 5.41) is 3.74. The number of ether oxygens (including phenoxy) is 1. The van der Waals surface area contributed by atoms with E-state index < -0.39 is 41.7 Å². The standard InChI is InChI=1S/C20H12BrF6NO2/c21-15-3-1-12-6-17(4-2-11(12)5-15)30-10-18(29)28-16-8-13(19(22,23)24)7-14(9-16)20(25,26)27/h1-9H,10H2,(H,28,29). The van der Waals surface area contributed by atoms with Gasteiger partial charge in [0.25, 0.3) is 5.91 Å². The number of nitrogens with one attached hydrogen (secondary N) is 1. The largest absolute Gasteiger partial charge is 0.484 e. The smallest absolute Gasteiger partial charge is 0.416 e. The number of carbonyl (C=O) groups excluding carboxylic acids is 1. The number of benzene rings is 3. The van der Waals surface area contributed by atoms with Gasteiger partial charge in [0.2, 0.25) is 0 Å². The van der Waals surface area contributed by atoms with Crippen molar-refractivity contribution in [2.24, 2.45) is 0 Å². The monoisotopic (exact) mass is 491 g/mol. The van der Waals surface area contributed by atoms with Crippen LogP contribution in [0.15, 0.2) is 59.1 Å². The lowest BCUT2D eigenvalue weighted by Crippen LogP contribution is -2.21. The van der Waals surface area contributed by atoms with Crippen LogP contribution in [-0.4, -0.2) is 12.5 Å². The summed E-state index contributed by atoms with van der Waals surface area (Å²) in [6.07, 6.45) is -10.0. The Morgan fingerprint density at radius 1 is 0.833 bits per heavy atom. The molecule has 158 valence electrons. The average molecular weight is 492 g/mol. The number of anilines is 1. The minimum absolute atomic E-state index is 0.0143. The molecule has 0 aliphatic heterocycles. The van der Waals surface area contributed by atoms with E-state index in [0.717, 1.165) is 15.2 Å². The van der Waals surface area contributed by atoms with Gasteiger partial charge in [0.15, 0.2) is 6.61 Å². The molecular formula is C20H12BrF6NO2. The summed E-state index contributed by atoms with van der Waals surface area (Å²) in [5.74, 6) is -0.585. The van der Waals surface area contributed by atoms with Crippen LogP contribution in [0.25, 0.3) is 10.8 Å². The van der Waals surface area contributed by atoms with Crippen molar-refractivity contribution in [3.05, 3.63) is 70.2 Å². The van der Waals surface area contributed by atoms with E-state index in [1.165, 1.54) is 0 Å². The molecule has 3 nitrogen and oxygen atoms in total. The van der Waals surface area contributed by atoms with Gasteiger partial charge < -0.3 is 10.1 Å². The molecule has 0 spiro atoms. The molecule has 0 aliphatic carbocycles. The molecule has 1 amide bonds. The minimum Gasteiger partial charge on any atom is -0.484 e. The lowest BCUT2D eigenvalue weighted by Gasteiger charge is -2.15. The Morgan fingerprint density at radius 2 is 1.40 bits per heavy atom. The molecule has 30 heavy (non-hydrogen) atoms. The van der Waals surface area contributed by atoms with E-state index in [1.54, 1.807) is 18.2 Å². The summed E-state index contributed by atoms with van der Waals surface area (Å²) in [5.41, 5.74) is -3.67. The Balaban J connectivity index is 1.73. The predicted octanol–water partition coefficient (Wildman–Crippen LogP) is 6.66. The van der Waals surface area contributed by atoms with E-state index in [-0.39, 0.29) is 6.07 Å². The molecule has 3 aromatic carbocycles. The molecule has 0 aromatic heterocycles. The third-order valence-electron chi connectivity index (χ3n) is 4.02. The molecule has 0 bridgehead atoms. The Morgan fingerprint density at radius 3 is 2.00 bits per heavy atom. The van der Waals surface area contributed by atoms with E-state index in [4.69, 9.17) is 4.74 Å². The van der Waals surface area contributed by atoms with Crippen LogP contribution >= 0.6 is 15.9 Å². The number of alkyl halides is 6. The summed E-state index contributed by atoms with van der Waals surface area (Å²) in [6.45, 7) is -0.598. The van der Waals surface area contributed by atoms with Gasteiger partial charge in [-0.3, -0.25) is 4.79 Å². The highest BCUT2D eigenvalue weighted by Gasteiger charge is 2.37. The van der Waals surface area contributed by atoms with Gasteiger partial charge in [-0.2, -0.15) is 26.3 Å². The fraction of sp³-hybridized carbons (Fsp3) is 0.150. The second-order valence-corrected chi connectivity index (χ2v) is 7.20. The quantitative estimate of drug-likeness (QED) is 0.414. The summed E-state index contributed by atoms with van der Waals surface area (Å²) in [4.78, 5) is 12.0. The summed E-state index contributed by atoms with van der Waals surface area (Å²) < 4.78 is 83.5. The zero-order valence-electron chi connectivity index (χ0n) is 14.9. The van der Waals surface area contributed by atoms with Crippen molar-refractivity contribution >= 4 is 38.3 Å². The molecule has 0 radical (unpaired) electrons. The van der Waals surface area contributed by atoms with Crippen LogP contribution in [0.3, 0.4) is 0 Å². The molecule has 0 heterocycles. The Hall–Kier alpha value is -2.75. The lowest BCUT2D eigenvalue weighted by atomic mass is 10.1. The third kappa shape index (κ3) is 5.44. The number of hydrogen-bond donors (Lipinski definition) is 1. The summed E-state index contributed by atoms with van der Waals surface area (Å²) >= 11 is 3.34. The number of amides is 1. The van der Waals surface area contributed by atoms with Crippen molar-refractivity contribution in [3.8, 4) is 5.75 Å². The molecule has 3 rings (SSSR count). The predicted molar refractivity (Wildman–Crippen MR) is 102 cm³/mol. The molecule has 0 saturated heterocycles. The van der Waals surface area contributed by atoms with Crippen molar-refractivity contribution in [1.82, 2.24) is 0 Å². The van der Waals surface area contributed by atoms with Gasteiger partial charge >= 0.3 is 12.4 Å². The maximum Gasteiger partial charge on any atom is 0.416 e. The fourth-order valence-electron chi connectivity index (χ4n) is 2.66. The number of fused-ring (bicyclic) bond motifs is 1. The van der Waals surface area contributed by atoms with Crippen LogP contribution in [0.5, 0.6) is 5.75 Å². The Kier molecular flexibility index (Phi) is 5.98. The van der Waals surface area contributed by atoms with Gasteiger partial charge in [0.05, 0.1) is 11.1 Å². The van der Waals surface area contributed by atoms with Crippen molar-refractivity contribution < 1.29 is 35.9 Å². The van der Waals surface area contributed by atoms with Gasteiger partial charge in [0.1, 0.15) is 5.75 Å². The van der Waals surface area contributed by atoms with Crippen molar-refractivity contribution in [3.63, 3.8) is 0 Å². The molecule has 0 aliphatic rings. The molecule has 1 N–H and O–H groups in total. The third-order valence-corrected chi connectivity index (χ3v) is 4.51. The Labute approximate surface area is 174 Å². The van der Waals surface area contributed by atoms with E-state index in [1.807, 2.05) is 23.5 Å². The second kappa shape index (κ2) is 8.17. The normalized spacial score (nSPS) is 12.1. The van der Waals surface area contributed by atoms with E-state index in [9.17, 15) is 31.1 Å². The zero-order valence-corrected chi connectivity index (χ0v) is 16.5. The molecule has 3 aromatic rings. The van der Waals surface area contributed by atoms with E-state index >= 15 is 0 Å². The van der Waals surface area contributed by atoms with Gasteiger partial charge in [-0.05, 0) is 53.2 Å². The number of carbonyl (C=O) groups is 1. The average Bonchev–Trinajstić information content (AvgIpc) is 2.64. The molecule has 10 heteroatoms. The van der Waals surface area contributed by atoms with Crippen LogP contribution in [-0.2, 0) is 17.1 Å². The summed E-state index contributed by atoms with van der Waals surface area (Å²) in [7, 11) is 0. The molecule has 0 unspecified atom stereocenters. The highest BCUT2D eigenvalue weighted by molar-refractivity contribution is 9.10. The van der Waals surface area contributed by atoms with Crippen LogP contribution in [0.4, 0.5) is 32.0 Å². The second-order valence-electron chi connectivity index (χ2n) is 6.28. The Bertz CT molecular complexity index is 1060. The molecule has 0 atom stereocenters. The van der Waals surface area contributed by atoms with Crippen LogP contribution < -0.4 is 10.1 Å². The first kappa shape index (κ1) is 21.9. The highest BCUT2D eigenvalue weighted by Crippen LogP contribution is 2.37. The topological polar surface area (TPSA) is 38.3 Å². The number of hydrogen-bond acceptors (Lipinski definition) is 2. The maximum atomic E-state index is 12.9. The number of halogens is 7. The fourth-order valence-corrected chi connectivity index (χ4v) is 3.04. The highest BCUT2D eigenvalue weighted by atomic mass is 79.9. The molecule has 0 saturated carbocycles. The summed E-state index contributed by atoms with van der Waals surface area (Å²) in [6, 6.07) is 11.3. The van der Waals surface area contributed by atoms with Crippen molar-refractivity contribution in [2.45, 2.75) is 12.4 Å². The van der Waals surface area contributed by atoms with Gasteiger partial charge in [0, 0.05) is 10.2 Å². The van der Waals surface area contributed by atoms with Crippen LogP contribution in [0.2, 0.25) is 0 Å². The first-order valence-electron chi connectivity index (χ1n) is 8.33. The molecular weight excluding hydrogens is 480 g/mol. The van der Waals surface area contributed by atoms with Gasteiger partial charge in [-0.1, -0.05) is 28.1 Å². The lowest BCUT2D eigenvalue weighted by molar-refractivity contribution is -0.143. The maximum absolute atomic E-state index is 12.9. The molecule has 0 fully saturated rings. The van der Waals surface area contributed by atoms with E-state index in [2.05, 4.69) is 15.9 Å². The van der Waals surface area contributed by atoms with Crippen molar-refractivity contribution in [2.75, 3.05) is 11.9 Å². The first-order chi connectivity index (χ1) is 13.9. The van der Waals surface area contributed by atoms with Crippen molar-refractivity contribution in [1.29, 1.82) is 0 Å².